The van der Waals surface area contributed by atoms with Crippen molar-refractivity contribution in [2.24, 2.45) is 0 Å². The molecular formula is C9H10N2. The molecule has 56 valence electrons. The van der Waals surface area contributed by atoms with Gasteiger partial charge in [-0.15, -0.1) is 0 Å². The average molecular weight is 146 g/mol. The fourth-order valence-electron chi connectivity index (χ4n) is 1.22. The summed E-state index contributed by atoms with van der Waals surface area (Å²) in [4.78, 5) is 4.21. The largest absolute Gasteiger partial charge is 0.387 e. The Kier molecular flexibility index (Phi) is 1.39. The van der Waals surface area contributed by atoms with Crippen LogP contribution in [0.3, 0.4) is 0 Å². The lowest BCUT2D eigenvalue weighted by molar-refractivity contribution is 1.04. The van der Waals surface area contributed by atoms with Crippen molar-refractivity contribution in [2.45, 2.75) is 6.92 Å². The Balaban J connectivity index is 2.80. The Morgan fingerprint density at radius 2 is 2.36 bits per heavy atom. The van der Waals surface area contributed by atoms with Gasteiger partial charge in [0.15, 0.2) is 0 Å². The van der Waals surface area contributed by atoms with Crippen LogP contribution in [0.4, 0.5) is 0 Å². The molecule has 0 aliphatic carbocycles. The van der Waals surface area contributed by atoms with E-state index in [0.717, 1.165) is 12.2 Å². The molecule has 11 heavy (non-hydrogen) atoms. The molecule has 0 radical (unpaired) electrons. The quantitative estimate of drug-likeness (QED) is 0.534. The van der Waals surface area contributed by atoms with Gasteiger partial charge in [-0.1, -0.05) is 6.08 Å². The third kappa shape index (κ3) is 1.11. The number of fused-ring (bicyclic) bond motifs is 1. The maximum absolute atomic E-state index is 4.21. The first-order chi connectivity index (χ1) is 5.36. The number of rotatable bonds is 0. The van der Waals surface area contributed by atoms with Crippen LogP contribution in [0.2, 0.25) is 0 Å². The zero-order chi connectivity index (χ0) is 7.68. The summed E-state index contributed by atoms with van der Waals surface area (Å²) in [5.74, 6) is 0. The molecule has 1 aromatic heterocycles. The van der Waals surface area contributed by atoms with Crippen LogP contribution < -0.4 is 15.8 Å². The van der Waals surface area contributed by atoms with E-state index in [1.807, 2.05) is 19.3 Å². The summed E-state index contributed by atoms with van der Waals surface area (Å²) >= 11 is 0. The molecule has 0 aromatic carbocycles. The molecule has 2 nitrogen and oxygen atoms in total. The van der Waals surface area contributed by atoms with Gasteiger partial charge in [0.1, 0.15) is 0 Å². The van der Waals surface area contributed by atoms with Crippen molar-refractivity contribution in [3.05, 3.63) is 28.4 Å². The molecule has 1 aromatic rings. The van der Waals surface area contributed by atoms with Gasteiger partial charge in [-0.2, -0.15) is 0 Å². The van der Waals surface area contributed by atoms with E-state index in [-0.39, 0.29) is 0 Å². The van der Waals surface area contributed by atoms with Gasteiger partial charge < -0.3 is 5.32 Å². The molecule has 2 heterocycles. The molecule has 0 bridgehead atoms. The summed E-state index contributed by atoms with van der Waals surface area (Å²) in [6, 6.07) is 2.08. The summed E-state index contributed by atoms with van der Waals surface area (Å²) in [5.41, 5.74) is 1.07. The molecule has 0 saturated carbocycles. The molecule has 1 aliphatic heterocycles. The van der Waals surface area contributed by atoms with Crippen LogP contribution in [0.1, 0.15) is 5.69 Å². The minimum Gasteiger partial charge on any atom is -0.387 e. The van der Waals surface area contributed by atoms with Crippen LogP contribution in [-0.4, -0.2) is 11.5 Å². The van der Waals surface area contributed by atoms with E-state index in [0.29, 0.717) is 0 Å². The van der Waals surface area contributed by atoms with Gasteiger partial charge in [0.2, 0.25) is 0 Å². The van der Waals surface area contributed by atoms with E-state index in [4.69, 9.17) is 0 Å². The second-order valence-electron chi connectivity index (χ2n) is 2.71. The van der Waals surface area contributed by atoms with Crippen molar-refractivity contribution in [2.75, 3.05) is 6.54 Å². The highest BCUT2D eigenvalue weighted by Gasteiger charge is 1.91. The summed E-state index contributed by atoms with van der Waals surface area (Å²) in [6.07, 6.45) is 6.09. The molecule has 0 saturated heterocycles. The standard InChI is InChI=1S/C9H10N2/c1-7-4-9-5-10-3-2-8(9)6-11-7/h2,4-6,10H,3H2,1H3. The van der Waals surface area contributed by atoms with Crippen molar-refractivity contribution in [3.8, 4) is 0 Å². The molecular weight excluding hydrogens is 136 g/mol. The van der Waals surface area contributed by atoms with E-state index < -0.39 is 0 Å². The first-order valence-electron chi connectivity index (χ1n) is 3.73. The number of hydrogen-bond acceptors (Lipinski definition) is 2. The lowest BCUT2D eigenvalue weighted by Crippen LogP contribution is -2.33. The number of pyridine rings is 1. The maximum Gasteiger partial charge on any atom is 0.0379 e. The molecule has 0 amide bonds. The highest BCUT2D eigenvalue weighted by atomic mass is 14.8. The van der Waals surface area contributed by atoms with Gasteiger partial charge in [0.25, 0.3) is 0 Å². The maximum atomic E-state index is 4.21. The van der Waals surface area contributed by atoms with Gasteiger partial charge in [0, 0.05) is 29.9 Å². The van der Waals surface area contributed by atoms with E-state index in [1.165, 1.54) is 10.4 Å². The minimum absolute atomic E-state index is 0.914. The first-order valence-corrected chi connectivity index (χ1v) is 3.73. The third-order valence-corrected chi connectivity index (χ3v) is 1.80. The predicted octanol–water partition coefficient (Wildman–Crippen LogP) is -0.488. The van der Waals surface area contributed by atoms with Crippen LogP contribution in [-0.2, 0) is 0 Å². The second kappa shape index (κ2) is 2.38. The normalized spacial score (nSPS) is 13.9. The predicted molar refractivity (Wildman–Crippen MR) is 45.2 cm³/mol. The zero-order valence-electron chi connectivity index (χ0n) is 6.46. The fourth-order valence-corrected chi connectivity index (χ4v) is 1.22. The van der Waals surface area contributed by atoms with Crippen molar-refractivity contribution in [1.82, 2.24) is 10.3 Å². The molecule has 2 heteroatoms. The Bertz CT molecular complexity index is 379. The molecule has 0 unspecified atom stereocenters. The van der Waals surface area contributed by atoms with Gasteiger partial charge in [-0.05, 0) is 18.2 Å². The fraction of sp³-hybridized carbons (Fsp3) is 0.222. The number of hydrogen-bond donors (Lipinski definition) is 1. The Morgan fingerprint density at radius 3 is 3.27 bits per heavy atom. The van der Waals surface area contributed by atoms with E-state index in [2.05, 4.69) is 22.4 Å². The SMILES string of the molecule is Cc1cc2c(cn1)=CCNC=2. The smallest absolute Gasteiger partial charge is 0.0379 e. The van der Waals surface area contributed by atoms with Gasteiger partial charge in [-0.25, -0.2) is 0 Å². The topological polar surface area (TPSA) is 24.9 Å². The van der Waals surface area contributed by atoms with Crippen LogP contribution >= 0.6 is 0 Å². The monoisotopic (exact) mass is 146 g/mol. The van der Waals surface area contributed by atoms with Gasteiger partial charge in [0.05, 0.1) is 0 Å². The Hall–Kier alpha value is -1.31. The second-order valence-corrected chi connectivity index (χ2v) is 2.71. The van der Waals surface area contributed by atoms with Gasteiger partial charge in [-0.3, -0.25) is 4.98 Å². The van der Waals surface area contributed by atoms with E-state index in [9.17, 15) is 0 Å². The molecule has 0 spiro atoms. The number of nitrogens with one attached hydrogen (secondary N) is 1. The highest BCUT2D eigenvalue weighted by Crippen LogP contribution is 1.80. The summed E-state index contributed by atoms with van der Waals surface area (Å²) in [6.45, 7) is 2.92. The lowest BCUT2D eigenvalue weighted by atomic mass is 10.2. The molecule has 2 rings (SSSR count). The van der Waals surface area contributed by atoms with E-state index in [1.54, 1.807) is 0 Å². The van der Waals surface area contributed by atoms with Gasteiger partial charge >= 0.3 is 0 Å². The summed E-state index contributed by atoms with van der Waals surface area (Å²) in [7, 11) is 0. The third-order valence-electron chi connectivity index (χ3n) is 1.80. The molecule has 0 fully saturated rings. The number of aromatic nitrogens is 1. The summed E-state index contributed by atoms with van der Waals surface area (Å²) in [5, 5.41) is 5.63. The van der Waals surface area contributed by atoms with Crippen LogP contribution in [0.25, 0.3) is 12.3 Å². The number of aryl methyl sites for hydroxylation is 1. The van der Waals surface area contributed by atoms with Crippen molar-refractivity contribution >= 4 is 12.3 Å². The first kappa shape index (κ1) is 6.40. The van der Waals surface area contributed by atoms with Crippen LogP contribution in [0.15, 0.2) is 12.3 Å². The molecule has 0 atom stereocenters. The molecule has 1 aliphatic rings. The van der Waals surface area contributed by atoms with Crippen LogP contribution in [0, 0.1) is 6.92 Å². The van der Waals surface area contributed by atoms with Crippen molar-refractivity contribution in [3.63, 3.8) is 0 Å². The number of nitrogens with zero attached hydrogens (tertiary/aromatic N) is 1. The average Bonchev–Trinajstić information content (AvgIpc) is 2.04. The minimum atomic E-state index is 0.914. The Labute approximate surface area is 65.3 Å². The highest BCUT2D eigenvalue weighted by molar-refractivity contribution is 5.37. The van der Waals surface area contributed by atoms with Crippen LogP contribution in [0.5, 0.6) is 0 Å². The molecule has 1 N–H and O–H groups in total. The lowest BCUT2D eigenvalue weighted by Gasteiger charge is -2.01. The zero-order valence-corrected chi connectivity index (χ0v) is 6.46. The van der Waals surface area contributed by atoms with Crippen molar-refractivity contribution in [1.29, 1.82) is 0 Å². The van der Waals surface area contributed by atoms with Crippen molar-refractivity contribution < 1.29 is 0 Å². The summed E-state index contributed by atoms with van der Waals surface area (Å²) < 4.78 is 0. The Morgan fingerprint density at radius 1 is 1.45 bits per heavy atom. The van der Waals surface area contributed by atoms with E-state index >= 15 is 0 Å².